The first-order valence-electron chi connectivity index (χ1n) is 17.7. The van der Waals surface area contributed by atoms with Crippen LogP contribution in [0.25, 0.3) is 0 Å². The Morgan fingerprint density at radius 3 is 1.94 bits per heavy atom. The Balaban J connectivity index is 0.908. The zero-order valence-corrected chi connectivity index (χ0v) is 27.9. The van der Waals surface area contributed by atoms with Crippen LogP contribution in [0.4, 0.5) is 0 Å². The minimum absolute atomic E-state index is 0.0950. The third-order valence-electron chi connectivity index (χ3n) is 10.3. The highest BCUT2D eigenvalue weighted by atomic mass is 16.7. The molecular weight excluding hydrogens is 624 g/mol. The highest BCUT2D eigenvalue weighted by Gasteiger charge is 2.50. The van der Waals surface area contributed by atoms with Gasteiger partial charge in [0.2, 0.25) is 0 Å². The predicted molar refractivity (Wildman–Crippen MR) is 180 cm³/mol. The Hall–Kier alpha value is -3.12. The van der Waals surface area contributed by atoms with E-state index in [4.69, 9.17) is 42.6 Å². The molecule has 0 N–H and O–H groups in total. The molecule has 0 bridgehead atoms. The summed E-state index contributed by atoms with van der Waals surface area (Å²) in [6.07, 6.45) is 5.31. The second kappa shape index (κ2) is 15.4. The average Bonchev–Trinajstić information content (AvgIpc) is 3.32. The minimum Gasteiger partial charge on any atom is -0.497 e. The van der Waals surface area contributed by atoms with Gasteiger partial charge in [0.25, 0.3) is 0 Å². The van der Waals surface area contributed by atoms with E-state index in [1.54, 1.807) is 7.11 Å². The van der Waals surface area contributed by atoms with E-state index in [0.29, 0.717) is 32.8 Å². The minimum atomic E-state index is -0.457. The van der Waals surface area contributed by atoms with Crippen molar-refractivity contribution < 1.29 is 42.6 Å². The van der Waals surface area contributed by atoms with Crippen LogP contribution in [0.5, 0.6) is 5.75 Å². The van der Waals surface area contributed by atoms with E-state index in [1.165, 1.54) is 0 Å². The van der Waals surface area contributed by atoms with Gasteiger partial charge in [-0.3, -0.25) is 0 Å². The number of hydrogen-bond acceptors (Lipinski definition) is 9. The largest absolute Gasteiger partial charge is 0.497 e. The van der Waals surface area contributed by atoms with Crippen molar-refractivity contribution in [2.75, 3.05) is 20.3 Å². The van der Waals surface area contributed by atoms with Gasteiger partial charge in [0.15, 0.2) is 6.29 Å². The molecule has 3 aromatic rings. The second-order valence-electron chi connectivity index (χ2n) is 13.6. The quantitative estimate of drug-likeness (QED) is 0.188. The molecule has 5 heterocycles. The molecule has 0 aliphatic carbocycles. The lowest BCUT2D eigenvalue weighted by Gasteiger charge is -2.48. The lowest BCUT2D eigenvalue weighted by Crippen LogP contribution is -2.57. The Morgan fingerprint density at radius 1 is 0.612 bits per heavy atom. The fourth-order valence-corrected chi connectivity index (χ4v) is 7.65. The number of benzene rings is 3. The van der Waals surface area contributed by atoms with Crippen LogP contribution < -0.4 is 4.74 Å². The first-order valence-corrected chi connectivity index (χ1v) is 17.7. The van der Waals surface area contributed by atoms with Crippen LogP contribution in [0.3, 0.4) is 0 Å². The topological polar surface area (TPSA) is 83.1 Å². The van der Waals surface area contributed by atoms with Crippen LogP contribution >= 0.6 is 0 Å². The summed E-state index contributed by atoms with van der Waals surface area (Å²) in [7, 11) is 1.66. The lowest BCUT2D eigenvalue weighted by molar-refractivity contribution is -0.308. The number of hydrogen-bond donors (Lipinski definition) is 0. The highest BCUT2D eigenvalue weighted by Crippen LogP contribution is 2.41. The summed E-state index contributed by atoms with van der Waals surface area (Å²) < 4.78 is 57.3. The standard InChI is InChI=1S/C40H46O9/c1-41-29-14-12-28(13-15-29)40-44-25-39-38(49-40)22-35-31(47-39)17-16-30-34(48-35)21-37-36(45-30)20-33(43-24-27-10-6-3-7-11-27)32(46-37)18-19-42-23-26-8-4-2-5-9-26/h2-17,30-40H,18-25H2,1H3/t30-,31+,32+,33-,34+,35-,36+,37-,38+,39-,40-/m1/s1. The molecule has 5 aliphatic heterocycles. The van der Waals surface area contributed by atoms with Crippen molar-refractivity contribution in [1.29, 1.82) is 0 Å². The van der Waals surface area contributed by atoms with Crippen LogP contribution in [0.15, 0.2) is 97.1 Å². The molecule has 4 saturated heterocycles. The maximum absolute atomic E-state index is 6.82. The third-order valence-corrected chi connectivity index (χ3v) is 10.3. The van der Waals surface area contributed by atoms with E-state index >= 15 is 0 Å². The SMILES string of the molecule is COc1ccc([C@@H]2OC[C@H]3O[C@H]4C=C[C@H]5O[C@H]6C[C@@H](OCc7ccccc7)[C@H](CCOCc7ccccc7)O[C@@H]6C[C@@H]5O[C@@H]4C[C@@H]3O2)cc1. The van der Waals surface area contributed by atoms with Gasteiger partial charge in [0, 0.05) is 31.4 Å². The van der Waals surface area contributed by atoms with Gasteiger partial charge in [-0.2, -0.15) is 0 Å². The number of rotatable bonds is 10. The summed E-state index contributed by atoms with van der Waals surface area (Å²) in [5.74, 6) is 0.798. The van der Waals surface area contributed by atoms with E-state index in [1.807, 2.05) is 60.7 Å². The summed E-state index contributed by atoms with van der Waals surface area (Å²) in [5, 5.41) is 0. The molecule has 4 fully saturated rings. The van der Waals surface area contributed by atoms with Crippen molar-refractivity contribution in [3.05, 3.63) is 114 Å². The average molecular weight is 671 g/mol. The van der Waals surface area contributed by atoms with Gasteiger partial charge >= 0.3 is 0 Å². The molecule has 3 aromatic carbocycles. The maximum atomic E-state index is 6.82. The summed E-state index contributed by atoms with van der Waals surface area (Å²) in [5.41, 5.74) is 3.25. The van der Waals surface area contributed by atoms with E-state index in [-0.39, 0.29) is 61.0 Å². The van der Waals surface area contributed by atoms with Crippen LogP contribution in [0.1, 0.15) is 48.7 Å². The molecule has 0 spiro atoms. The maximum Gasteiger partial charge on any atom is 0.184 e. The zero-order chi connectivity index (χ0) is 33.0. The third kappa shape index (κ3) is 7.80. The monoisotopic (exact) mass is 670 g/mol. The molecular formula is C40H46O9. The number of methoxy groups -OCH3 is 1. The molecule has 0 aromatic heterocycles. The van der Waals surface area contributed by atoms with E-state index in [9.17, 15) is 0 Å². The Bertz CT molecular complexity index is 1500. The van der Waals surface area contributed by atoms with Crippen LogP contribution in [0.2, 0.25) is 0 Å². The van der Waals surface area contributed by atoms with Crippen molar-refractivity contribution in [2.24, 2.45) is 0 Å². The van der Waals surface area contributed by atoms with Gasteiger partial charge in [-0.05, 0) is 29.7 Å². The fraction of sp³-hybridized carbons (Fsp3) is 0.500. The summed E-state index contributed by atoms with van der Waals surface area (Å²) in [6.45, 7) is 2.14. The second-order valence-corrected chi connectivity index (χ2v) is 13.6. The van der Waals surface area contributed by atoms with Crippen molar-refractivity contribution in [3.63, 3.8) is 0 Å². The van der Waals surface area contributed by atoms with E-state index in [2.05, 4.69) is 36.4 Å². The normalized spacial score (nSPS) is 35.2. The summed E-state index contributed by atoms with van der Waals surface area (Å²) in [4.78, 5) is 0. The van der Waals surface area contributed by atoms with Gasteiger partial charge < -0.3 is 42.6 Å². The Morgan fingerprint density at radius 2 is 1.24 bits per heavy atom. The molecule has 49 heavy (non-hydrogen) atoms. The summed E-state index contributed by atoms with van der Waals surface area (Å²) in [6, 6.07) is 28.3. The lowest BCUT2D eigenvalue weighted by atomic mass is 9.89. The van der Waals surface area contributed by atoms with Crippen LogP contribution in [-0.4, -0.2) is 81.4 Å². The smallest absolute Gasteiger partial charge is 0.184 e. The zero-order valence-electron chi connectivity index (χ0n) is 27.9. The molecule has 9 nitrogen and oxygen atoms in total. The molecule has 0 amide bonds. The fourth-order valence-electron chi connectivity index (χ4n) is 7.65. The molecule has 0 radical (unpaired) electrons. The molecule has 11 atom stereocenters. The van der Waals surface area contributed by atoms with Crippen molar-refractivity contribution in [1.82, 2.24) is 0 Å². The van der Waals surface area contributed by atoms with Crippen molar-refractivity contribution >= 4 is 0 Å². The first-order chi connectivity index (χ1) is 24.2. The molecule has 0 unspecified atom stereocenters. The van der Waals surface area contributed by atoms with E-state index in [0.717, 1.165) is 41.7 Å². The van der Waals surface area contributed by atoms with Crippen molar-refractivity contribution in [3.8, 4) is 5.75 Å². The Kier molecular flexibility index (Phi) is 10.4. The van der Waals surface area contributed by atoms with Gasteiger partial charge in [0.05, 0.1) is 69.7 Å². The molecule has 9 heteroatoms. The molecule has 260 valence electrons. The highest BCUT2D eigenvalue weighted by molar-refractivity contribution is 5.28. The van der Waals surface area contributed by atoms with Crippen LogP contribution in [0, 0.1) is 0 Å². The van der Waals surface area contributed by atoms with Gasteiger partial charge in [-0.15, -0.1) is 0 Å². The first kappa shape index (κ1) is 33.0. The number of ether oxygens (including phenoxy) is 9. The van der Waals surface area contributed by atoms with Gasteiger partial charge in [-0.1, -0.05) is 84.9 Å². The Labute approximate surface area is 288 Å². The molecule has 5 aliphatic rings. The van der Waals surface area contributed by atoms with E-state index < -0.39 is 6.29 Å². The van der Waals surface area contributed by atoms with Gasteiger partial charge in [-0.25, -0.2) is 0 Å². The summed E-state index contributed by atoms with van der Waals surface area (Å²) >= 11 is 0. The van der Waals surface area contributed by atoms with Crippen LogP contribution in [-0.2, 0) is 51.1 Å². The predicted octanol–water partition coefficient (Wildman–Crippen LogP) is 6.10. The number of fused-ring (bicyclic) bond motifs is 4. The van der Waals surface area contributed by atoms with Crippen molar-refractivity contribution in [2.45, 2.75) is 106 Å². The van der Waals surface area contributed by atoms with Gasteiger partial charge in [0.1, 0.15) is 24.1 Å². The molecule has 0 saturated carbocycles. The molecule has 8 rings (SSSR count).